The third kappa shape index (κ3) is 7.42. The number of nitriles is 1. The van der Waals surface area contributed by atoms with Crippen LogP contribution in [0.3, 0.4) is 0 Å². The van der Waals surface area contributed by atoms with E-state index in [2.05, 4.69) is 49.9 Å². The van der Waals surface area contributed by atoms with Crippen LogP contribution in [-0.4, -0.2) is 58.6 Å². The van der Waals surface area contributed by atoms with E-state index in [9.17, 15) is 10.1 Å². The summed E-state index contributed by atoms with van der Waals surface area (Å²) in [7, 11) is -2.02. The van der Waals surface area contributed by atoms with E-state index in [1.165, 1.54) is 12.4 Å². The molecule has 0 saturated carbocycles. The summed E-state index contributed by atoms with van der Waals surface area (Å²) < 4.78 is 29.6. The molecule has 3 heterocycles. The van der Waals surface area contributed by atoms with Gasteiger partial charge in [-0.3, -0.25) is 4.79 Å². The normalized spacial score (nSPS) is 16.2. The molecule has 0 bridgehead atoms. The number of carbonyl (C=O) groups excluding carboxylic acids is 1. The Morgan fingerprint density at radius 2 is 1.85 bits per heavy atom. The highest BCUT2D eigenvalue weighted by Gasteiger charge is 2.39. The first-order chi connectivity index (χ1) is 22.6. The van der Waals surface area contributed by atoms with Crippen LogP contribution in [0.4, 0.5) is 10.2 Å². The third-order valence-electron chi connectivity index (χ3n) is 9.22. The van der Waals surface area contributed by atoms with Crippen LogP contribution >= 0.6 is 0 Å². The van der Waals surface area contributed by atoms with Crippen LogP contribution in [-0.2, 0) is 9.22 Å². The molecule has 1 aliphatic heterocycles. The van der Waals surface area contributed by atoms with Gasteiger partial charge < -0.3 is 19.8 Å². The summed E-state index contributed by atoms with van der Waals surface area (Å²) in [5, 5.41) is 15.4. The third-order valence-corrected chi connectivity index (χ3v) is 13.7. The fraction of sp³-hybridized carbons (Fsp3) is 0.417. The average molecular weight is 670 g/mol. The second-order valence-corrected chi connectivity index (χ2v) is 19.4. The van der Waals surface area contributed by atoms with Gasteiger partial charge in [0.1, 0.15) is 46.8 Å². The molecular weight excluding hydrogens is 626 g/mol. The van der Waals surface area contributed by atoms with E-state index in [0.717, 1.165) is 0 Å². The maximum absolute atomic E-state index is 15.7. The predicted molar refractivity (Wildman–Crippen MR) is 187 cm³/mol. The largest absolute Gasteiger partial charge is 0.457 e. The van der Waals surface area contributed by atoms with Crippen molar-refractivity contribution in [2.24, 2.45) is 5.41 Å². The van der Waals surface area contributed by atoms with Gasteiger partial charge in [-0.2, -0.15) is 10.4 Å². The van der Waals surface area contributed by atoms with Crippen LogP contribution in [0.1, 0.15) is 53.5 Å². The molecule has 12 heteroatoms. The molecule has 1 atom stereocenters. The first-order valence-corrected chi connectivity index (χ1v) is 19.1. The Balaban J connectivity index is 1.40. The number of hydrogen-bond donors (Lipinski definition) is 1. The Morgan fingerprint density at radius 1 is 1.12 bits per heavy atom. The lowest BCUT2D eigenvalue weighted by atomic mass is 9.91. The molecular formula is C36H44FN7O3Si. The number of nitrogen functional groups attached to an aromatic ring is 1. The van der Waals surface area contributed by atoms with Gasteiger partial charge in [0.15, 0.2) is 14.0 Å². The molecule has 1 unspecified atom stereocenters. The predicted octanol–water partition coefficient (Wildman–Crippen LogP) is 7.67. The van der Waals surface area contributed by atoms with Gasteiger partial charge in [0.2, 0.25) is 0 Å². The number of rotatable bonds is 9. The van der Waals surface area contributed by atoms with E-state index in [-0.39, 0.29) is 33.9 Å². The highest BCUT2D eigenvalue weighted by molar-refractivity contribution is 6.74. The van der Waals surface area contributed by atoms with Gasteiger partial charge >= 0.3 is 0 Å². The van der Waals surface area contributed by atoms with Crippen LogP contribution < -0.4 is 10.5 Å². The van der Waals surface area contributed by atoms with Gasteiger partial charge in [-0.05, 0) is 55.2 Å². The minimum atomic E-state index is -2.02. The summed E-state index contributed by atoms with van der Waals surface area (Å²) in [4.78, 5) is 24.1. The fourth-order valence-corrected chi connectivity index (χ4v) is 6.65. The molecule has 1 amide bonds. The lowest BCUT2D eigenvalue weighted by molar-refractivity contribution is -0.128. The molecule has 2 aromatic carbocycles. The number of carbonyl (C=O) groups is 1. The Kier molecular flexibility index (Phi) is 9.76. The van der Waals surface area contributed by atoms with Gasteiger partial charge in [-0.25, -0.2) is 19.0 Å². The molecule has 4 aromatic rings. The summed E-state index contributed by atoms with van der Waals surface area (Å²) in [6.45, 7) is 16.1. The van der Waals surface area contributed by atoms with E-state index in [0.29, 0.717) is 60.8 Å². The summed E-state index contributed by atoms with van der Waals surface area (Å²) >= 11 is 0. The van der Waals surface area contributed by atoms with Crippen LogP contribution in [0.5, 0.6) is 11.5 Å². The van der Waals surface area contributed by atoms with Crippen molar-refractivity contribution in [1.82, 2.24) is 24.6 Å². The molecule has 10 nitrogen and oxygen atoms in total. The lowest BCUT2D eigenvalue weighted by Gasteiger charge is -2.38. The minimum Gasteiger partial charge on any atom is -0.457 e. The van der Waals surface area contributed by atoms with Gasteiger partial charge in [-0.15, -0.1) is 0 Å². The van der Waals surface area contributed by atoms with E-state index in [1.807, 2.05) is 32.0 Å². The number of nitrogens with zero attached hydrogens (tertiary/aromatic N) is 6. The molecule has 1 saturated heterocycles. The number of para-hydroxylation sites is 1. The average Bonchev–Trinajstić information content (AvgIpc) is 3.43. The van der Waals surface area contributed by atoms with Gasteiger partial charge in [-0.1, -0.05) is 58.9 Å². The van der Waals surface area contributed by atoms with Crippen molar-refractivity contribution in [3.8, 4) is 28.8 Å². The molecule has 2 N–H and O–H groups in total. The zero-order valence-electron chi connectivity index (χ0n) is 28.7. The maximum Gasteiger partial charge on any atom is 0.264 e. The number of fused-ring (bicyclic) bond motifs is 1. The van der Waals surface area contributed by atoms with E-state index in [1.54, 1.807) is 39.9 Å². The van der Waals surface area contributed by atoms with Crippen molar-refractivity contribution < 1.29 is 18.3 Å². The molecule has 2 aromatic heterocycles. The Bertz CT molecular complexity index is 1880. The van der Waals surface area contributed by atoms with Gasteiger partial charge in [0, 0.05) is 36.7 Å². The quantitative estimate of drug-likeness (QED) is 0.109. The highest BCUT2D eigenvalue weighted by atomic mass is 28.4. The molecule has 1 aliphatic rings. The first kappa shape index (κ1) is 34.7. The standard InChI is InChI=1S/C36H44FN7O3Si/c1-35(2,3)48(6,7)46-22-36(4,5)19-24(20-38)34(45)43-17-11-12-25(21-43)44-33-30(32(39)40-23-41-33)31(42-44)28-16-15-27(18-29(28)37)47-26-13-9-8-10-14-26/h8-10,13-16,18-19,23,25H,11-12,17,21-22H2,1-7H3,(H2,39,40,41). The number of amides is 1. The second-order valence-electron chi connectivity index (χ2n) is 14.6. The molecule has 0 aliphatic carbocycles. The fourth-order valence-electron chi connectivity index (χ4n) is 5.48. The van der Waals surface area contributed by atoms with Crippen molar-refractivity contribution in [3.05, 3.63) is 72.3 Å². The Labute approximate surface area is 282 Å². The molecule has 252 valence electrons. The number of nitrogens with two attached hydrogens (primary N) is 1. The number of halogens is 1. The summed E-state index contributed by atoms with van der Waals surface area (Å²) in [5.41, 5.74) is 6.84. The topological polar surface area (TPSA) is 132 Å². The zero-order chi connectivity index (χ0) is 34.9. The van der Waals surface area contributed by atoms with Crippen molar-refractivity contribution in [2.75, 3.05) is 25.4 Å². The van der Waals surface area contributed by atoms with Crippen LogP contribution in [0, 0.1) is 22.6 Å². The second kappa shape index (κ2) is 13.5. The summed E-state index contributed by atoms with van der Waals surface area (Å²) in [6.07, 6.45) is 4.47. The molecule has 1 fully saturated rings. The molecule has 0 radical (unpaired) electrons. The van der Waals surface area contributed by atoms with Crippen molar-refractivity contribution >= 4 is 31.1 Å². The summed E-state index contributed by atoms with van der Waals surface area (Å²) in [6, 6.07) is 15.6. The SMILES string of the molecule is CC(C)(C=C(C#N)C(=O)N1CCCC(n2nc(-c3ccc(Oc4ccccc4)cc3F)c3c(N)ncnc32)C1)CO[Si](C)(C)C(C)(C)C. The van der Waals surface area contributed by atoms with Crippen molar-refractivity contribution in [3.63, 3.8) is 0 Å². The number of likely N-dealkylation sites (tertiary alicyclic amines) is 1. The van der Waals surface area contributed by atoms with Gasteiger partial charge in [0.05, 0.1) is 11.4 Å². The molecule has 0 spiro atoms. The zero-order valence-corrected chi connectivity index (χ0v) is 29.7. The number of piperidine rings is 1. The monoisotopic (exact) mass is 669 g/mol. The van der Waals surface area contributed by atoms with Crippen molar-refractivity contribution in [1.29, 1.82) is 5.26 Å². The van der Waals surface area contributed by atoms with E-state index >= 15 is 4.39 Å². The Morgan fingerprint density at radius 3 is 2.52 bits per heavy atom. The smallest absolute Gasteiger partial charge is 0.264 e. The lowest BCUT2D eigenvalue weighted by Crippen LogP contribution is -2.43. The number of hydrogen-bond acceptors (Lipinski definition) is 8. The first-order valence-electron chi connectivity index (χ1n) is 16.2. The minimum absolute atomic E-state index is 0.0433. The Hall–Kier alpha value is -4.60. The van der Waals surface area contributed by atoms with E-state index < -0.39 is 19.5 Å². The summed E-state index contributed by atoms with van der Waals surface area (Å²) in [5.74, 6) is 0.223. The number of aromatic nitrogens is 4. The number of ether oxygens (including phenoxy) is 1. The van der Waals surface area contributed by atoms with Crippen molar-refractivity contribution in [2.45, 2.75) is 71.6 Å². The van der Waals surface area contributed by atoms with Crippen LogP contribution in [0.25, 0.3) is 22.3 Å². The maximum atomic E-state index is 15.7. The number of benzene rings is 2. The van der Waals surface area contributed by atoms with Gasteiger partial charge in [0.25, 0.3) is 5.91 Å². The highest BCUT2D eigenvalue weighted by Crippen LogP contribution is 2.39. The van der Waals surface area contributed by atoms with Crippen LogP contribution in [0.2, 0.25) is 18.1 Å². The molecule has 48 heavy (non-hydrogen) atoms. The van der Waals surface area contributed by atoms with Crippen LogP contribution in [0.15, 0.2) is 66.5 Å². The molecule has 5 rings (SSSR count). The van der Waals surface area contributed by atoms with E-state index in [4.69, 9.17) is 20.0 Å². The number of anilines is 1.